The van der Waals surface area contributed by atoms with E-state index >= 15 is 0 Å². The third-order valence-electron chi connectivity index (χ3n) is 7.45. The van der Waals surface area contributed by atoms with Crippen LogP contribution in [0.3, 0.4) is 0 Å². The van der Waals surface area contributed by atoms with Crippen LogP contribution < -0.4 is 5.32 Å². The van der Waals surface area contributed by atoms with Gasteiger partial charge in [0.15, 0.2) is 0 Å². The van der Waals surface area contributed by atoms with E-state index < -0.39 is 24.1 Å². The fraction of sp³-hybridized carbons (Fsp3) is 0.281. The lowest BCUT2D eigenvalue weighted by Crippen LogP contribution is -2.54. The van der Waals surface area contributed by atoms with Gasteiger partial charge in [0.2, 0.25) is 17.7 Å². The lowest BCUT2D eigenvalue weighted by atomic mass is 10.0. The molecule has 8 heteroatoms. The Morgan fingerprint density at radius 2 is 1.62 bits per heavy atom. The minimum Gasteiger partial charge on any atom is -0.391 e. The van der Waals surface area contributed by atoms with Crippen molar-refractivity contribution in [3.63, 3.8) is 0 Å². The molecule has 0 bridgehead atoms. The Balaban J connectivity index is 1.32. The second-order valence-electron chi connectivity index (χ2n) is 10.4. The SMILES string of the molecule is CN(Cc1ccccc1)C(=O)[C@H](Cc1ccccc1)NC(=O)[C@@H]1C[C@@H](O)CN1C(=O)Cc1c[nH]c2ccccc12. The molecule has 2 heterocycles. The summed E-state index contributed by atoms with van der Waals surface area (Å²) in [5, 5.41) is 14.3. The molecule has 8 nitrogen and oxygen atoms in total. The number of carbonyl (C=O) groups excluding carboxylic acids is 3. The van der Waals surface area contributed by atoms with Crippen LogP contribution in [0.5, 0.6) is 0 Å². The Morgan fingerprint density at radius 3 is 2.35 bits per heavy atom. The summed E-state index contributed by atoms with van der Waals surface area (Å²) >= 11 is 0. The number of aromatic nitrogens is 1. The fourth-order valence-electron chi connectivity index (χ4n) is 5.40. The van der Waals surface area contributed by atoms with Gasteiger partial charge in [0, 0.05) is 50.1 Å². The van der Waals surface area contributed by atoms with Crippen molar-refractivity contribution in [1.82, 2.24) is 20.1 Å². The third kappa shape index (κ3) is 6.24. The molecule has 3 aromatic carbocycles. The zero-order chi connectivity index (χ0) is 28.1. The van der Waals surface area contributed by atoms with Crippen molar-refractivity contribution in [2.75, 3.05) is 13.6 Å². The van der Waals surface area contributed by atoms with Gasteiger partial charge in [0.1, 0.15) is 12.1 Å². The first-order valence-corrected chi connectivity index (χ1v) is 13.5. The summed E-state index contributed by atoms with van der Waals surface area (Å²) in [5.41, 5.74) is 3.66. The van der Waals surface area contributed by atoms with Crippen LogP contribution in [0, 0.1) is 0 Å². The first-order valence-electron chi connectivity index (χ1n) is 13.5. The molecule has 0 saturated carbocycles. The normalized spacial score (nSPS) is 17.5. The van der Waals surface area contributed by atoms with Crippen LogP contribution in [-0.2, 0) is 33.8 Å². The number of β-amino-alcohol motifs (C(OH)–C–C–N with tert-alkyl or cyclic N) is 1. The van der Waals surface area contributed by atoms with Gasteiger partial charge in [-0.05, 0) is 22.8 Å². The molecule has 0 spiro atoms. The summed E-state index contributed by atoms with van der Waals surface area (Å²) in [6, 6.07) is 25.2. The average Bonchev–Trinajstić information content (AvgIpc) is 3.57. The van der Waals surface area contributed by atoms with Gasteiger partial charge in [0.25, 0.3) is 0 Å². The van der Waals surface area contributed by atoms with Crippen molar-refractivity contribution in [1.29, 1.82) is 0 Å². The molecule has 0 aliphatic carbocycles. The van der Waals surface area contributed by atoms with Gasteiger partial charge in [-0.15, -0.1) is 0 Å². The number of fused-ring (bicyclic) bond motifs is 1. The van der Waals surface area contributed by atoms with Crippen molar-refractivity contribution in [3.05, 3.63) is 108 Å². The van der Waals surface area contributed by atoms with Gasteiger partial charge in [-0.25, -0.2) is 0 Å². The van der Waals surface area contributed by atoms with E-state index in [9.17, 15) is 19.5 Å². The Kier molecular flexibility index (Phi) is 8.26. The van der Waals surface area contributed by atoms with E-state index in [1.165, 1.54) is 4.90 Å². The summed E-state index contributed by atoms with van der Waals surface area (Å²) in [7, 11) is 1.72. The van der Waals surface area contributed by atoms with Gasteiger partial charge < -0.3 is 25.2 Å². The van der Waals surface area contributed by atoms with Crippen molar-refractivity contribution in [2.24, 2.45) is 0 Å². The minimum absolute atomic E-state index is 0.0739. The van der Waals surface area contributed by atoms with Crippen LogP contribution in [0.25, 0.3) is 10.9 Å². The number of aromatic amines is 1. The largest absolute Gasteiger partial charge is 0.391 e. The molecule has 1 aliphatic rings. The molecule has 5 rings (SSSR count). The molecular formula is C32H34N4O4. The molecule has 1 aliphatic heterocycles. The van der Waals surface area contributed by atoms with Gasteiger partial charge in [-0.3, -0.25) is 14.4 Å². The maximum absolute atomic E-state index is 13.6. The number of hydrogen-bond acceptors (Lipinski definition) is 4. The number of likely N-dealkylation sites (N-methyl/N-ethyl adjacent to an activating group) is 1. The van der Waals surface area contributed by atoms with E-state index in [1.807, 2.05) is 84.9 Å². The van der Waals surface area contributed by atoms with Crippen LogP contribution in [-0.4, -0.2) is 69.4 Å². The van der Waals surface area contributed by atoms with Gasteiger partial charge >= 0.3 is 0 Å². The fourth-order valence-corrected chi connectivity index (χ4v) is 5.40. The molecule has 0 unspecified atom stereocenters. The van der Waals surface area contributed by atoms with E-state index in [-0.39, 0.29) is 31.2 Å². The maximum Gasteiger partial charge on any atom is 0.245 e. The number of aliphatic hydroxyl groups excluding tert-OH is 1. The zero-order valence-electron chi connectivity index (χ0n) is 22.5. The van der Waals surface area contributed by atoms with Crippen molar-refractivity contribution < 1.29 is 19.5 Å². The number of aliphatic hydroxyl groups is 1. The van der Waals surface area contributed by atoms with Crippen molar-refractivity contribution in [3.8, 4) is 0 Å². The predicted octanol–water partition coefficient (Wildman–Crippen LogP) is 3.06. The molecule has 1 fully saturated rings. The summed E-state index contributed by atoms with van der Waals surface area (Å²) in [6.45, 7) is 0.475. The first kappa shape index (κ1) is 27.1. The molecule has 4 aromatic rings. The van der Waals surface area contributed by atoms with Crippen molar-refractivity contribution >= 4 is 28.6 Å². The molecule has 206 valence electrons. The highest BCUT2D eigenvalue weighted by Gasteiger charge is 2.40. The van der Waals surface area contributed by atoms with Crippen LogP contribution in [0.4, 0.5) is 0 Å². The third-order valence-corrected chi connectivity index (χ3v) is 7.45. The van der Waals surface area contributed by atoms with Gasteiger partial charge in [-0.2, -0.15) is 0 Å². The Hall–Kier alpha value is -4.43. The standard InChI is InChI=1S/C32H34N4O4/c1-35(20-23-12-6-3-7-13-23)32(40)28(16-22-10-4-2-5-11-22)34-31(39)29-18-25(37)21-36(29)30(38)17-24-19-33-27-15-9-8-14-26(24)27/h2-15,19,25,28-29,33,37H,16-18,20-21H2,1H3,(H,34,39)/t25-,28+,29+/m1/s1. The molecule has 1 saturated heterocycles. The molecule has 3 amide bonds. The number of benzene rings is 3. The molecular weight excluding hydrogens is 504 g/mol. The van der Waals surface area contributed by atoms with Gasteiger partial charge in [0.05, 0.1) is 12.5 Å². The summed E-state index contributed by atoms with van der Waals surface area (Å²) in [6.07, 6.45) is 1.53. The smallest absolute Gasteiger partial charge is 0.245 e. The number of hydrogen-bond donors (Lipinski definition) is 3. The highest BCUT2D eigenvalue weighted by atomic mass is 16.3. The molecule has 40 heavy (non-hydrogen) atoms. The van der Waals surface area contributed by atoms with E-state index in [0.29, 0.717) is 13.0 Å². The predicted molar refractivity (Wildman–Crippen MR) is 153 cm³/mol. The number of amides is 3. The van der Waals surface area contributed by atoms with Gasteiger partial charge in [-0.1, -0.05) is 78.9 Å². The van der Waals surface area contributed by atoms with E-state index in [1.54, 1.807) is 18.1 Å². The summed E-state index contributed by atoms with van der Waals surface area (Å²) < 4.78 is 0. The maximum atomic E-state index is 13.6. The van der Waals surface area contributed by atoms with E-state index in [0.717, 1.165) is 27.6 Å². The van der Waals surface area contributed by atoms with E-state index in [2.05, 4.69) is 10.3 Å². The molecule has 3 atom stereocenters. The number of H-pyrrole nitrogens is 1. The second kappa shape index (κ2) is 12.2. The highest BCUT2D eigenvalue weighted by molar-refractivity contribution is 5.94. The zero-order valence-corrected chi connectivity index (χ0v) is 22.5. The minimum atomic E-state index is -0.863. The number of nitrogens with one attached hydrogen (secondary N) is 2. The van der Waals surface area contributed by atoms with Crippen LogP contribution in [0.15, 0.2) is 91.1 Å². The van der Waals surface area contributed by atoms with Crippen LogP contribution in [0.2, 0.25) is 0 Å². The van der Waals surface area contributed by atoms with Crippen LogP contribution in [0.1, 0.15) is 23.1 Å². The summed E-state index contributed by atoms with van der Waals surface area (Å²) in [5.74, 6) is -0.906. The van der Waals surface area contributed by atoms with E-state index in [4.69, 9.17) is 0 Å². The average molecular weight is 539 g/mol. The quantitative estimate of drug-likeness (QED) is 0.305. The molecule has 1 aromatic heterocycles. The highest BCUT2D eigenvalue weighted by Crippen LogP contribution is 2.23. The topological polar surface area (TPSA) is 106 Å². The Labute approximate surface area is 233 Å². The molecule has 3 N–H and O–H groups in total. The monoisotopic (exact) mass is 538 g/mol. The molecule has 0 radical (unpaired) electrons. The Morgan fingerprint density at radius 1 is 0.975 bits per heavy atom. The number of carbonyl (C=O) groups is 3. The Bertz CT molecular complexity index is 1470. The number of para-hydroxylation sites is 1. The lowest BCUT2D eigenvalue weighted by molar-refractivity contribution is -0.140. The summed E-state index contributed by atoms with van der Waals surface area (Å²) in [4.78, 5) is 46.8. The second-order valence-corrected chi connectivity index (χ2v) is 10.4. The number of likely N-dealkylation sites (tertiary alicyclic amines) is 1. The van der Waals surface area contributed by atoms with Crippen molar-refractivity contribution in [2.45, 2.75) is 44.0 Å². The van der Waals surface area contributed by atoms with Crippen LogP contribution >= 0.6 is 0 Å². The first-order chi connectivity index (χ1) is 19.4. The number of nitrogens with zero attached hydrogens (tertiary/aromatic N) is 2. The number of rotatable bonds is 9. The lowest BCUT2D eigenvalue weighted by Gasteiger charge is -2.28.